The Hall–Kier alpha value is -2.04. The average molecular weight is 288 g/mol. The molecule has 21 heavy (non-hydrogen) atoms. The molecule has 2 aliphatic heterocycles. The van der Waals surface area contributed by atoms with Gasteiger partial charge in [0.05, 0.1) is 0 Å². The zero-order valence-electron chi connectivity index (χ0n) is 12.2. The van der Waals surface area contributed by atoms with Gasteiger partial charge >= 0.3 is 0 Å². The number of piperidine rings is 1. The van der Waals surface area contributed by atoms with E-state index in [0.717, 1.165) is 24.9 Å². The van der Waals surface area contributed by atoms with Gasteiger partial charge in [0, 0.05) is 31.6 Å². The summed E-state index contributed by atoms with van der Waals surface area (Å²) >= 11 is 0. The Morgan fingerprint density at radius 1 is 1.33 bits per heavy atom. The van der Waals surface area contributed by atoms with Crippen LogP contribution in [0.4, 0.5) is 0 Å². The molecule has 112 valence electrons. The van der Waals surface area contributed by atoms with E-state index in [0.29, 0.717) is 25.1 Å². The summed E-state index contributed by atoms with van der Waals surface area (Å²) in [6, 6.07) is 5.04. The van der Waals surface area contributed by atoms with E-state index in [1.807, 2.05) is 4.90 Å². The lowest BCUT2D eigenvalue weighted by Gasteiger charge is -2.38. The van der Waals surface area contributed by atoms with Gasteiger partial charge in [0.25, 0.3) is 5.91 Å². The van der Waals surface area contributed by atoms with Gasteiger partial charge in [0.1, 0.15) is 5.75 Å². The third-order valence-corrected chi connectivity index (χ3v) is 4.76. The minimum atomic E-state index is -0.0440. The number of phenolic OH excluding ortho intramolecular Hbond substituents is 1. The van der Waals surface area contributed by atoms with Crippen LogP contribution in [0.2, 0.25) is 0 Å². The fourth-order valence-corrected chi connectivity index (χ4v) is 3.21. The van der Waals surface area contributed by atoms with Gasteiger partial charge in [-0.2, -0.15) is 0 Å². The average Bonchev–Trinajstić information content (AvgIpc) is 2.83. The maximum Gasteiger partial charge on any atom is 0.253 e. The molecular weight excluding hydrogens is 268 g/mol. The van der Waals surface area contributed by atoms with Crippen LogP contribution in [-0.2, 0) is 4.79 Å². The maximum absolute atomic E-state index is 12.5. The van der Waals surface area contributed by atoms with E-state index < -0.39 is 0 Å². The highest BCUT2D eigenvalue weighted by atomic mass is 16.3. The van der Waals surface area contributed by atoms with Gasteiger partial charge in [-0.1, -0.05) is 6.07 Å². The molecular formula is C16H20N2O3. The molecule has 0 bridgehead atoms. The predicted octanol–water partition coefficient (Wildman–Crippen LogP) is 1.44. The molecule has 0 saturated carbocycles. The third-order valence-electron chi connectivity index (χ3n) is 4.76. The van der Waals surface area contributed by atoms with Crippen molar-refractivity contribution in [1.82, 2.24) is 10.2 Å². The number of carbonyl (C=O) groups is 2. The van der Waals surface area contributed by atoms with Crippen molar-refractivity contribution in [2.45, 2.75) is 26.2 Å². The SMILES string of the molecule is Cc1ccc(C(=O)N2CCC3(CC2)CNC(=O)C3)cc1O. The number of rotatable bonds is 1. The number of likely N-dealkylation sites (tertiary alicyclic amines) is 1. The maximum atomic E-state index is 12.5. The number of phenols is 1. The molecule has 0 aliphatic carbocycles. The van der Waals surface area contributed by atoms with Gasteiger partial charge in [-0.15, -0.1) is 0 Å². The summed E-state index contributed by atoms with van der Waals surface area (Å²) in [7, 11) is 0. The Bertz CT molecular complexity index is 589. The first-order chi connectivity index (χ1) is 9.99. The molecule has 1 spiro atoms. The standard InChI is InChI=1S/C16H20N2O3/c1-11-2-3-12(8-13(11)19)15(21)18-6-4-16(5-7-18)9-14(20)17-10-16/h2-3,8,19H,4-7,9-10H2,1H3,(H,17,20). The number of aromatic hydroxyl groups is 1. The summed E-state index contributed by atoms with van der Waals surface area (Å²) in [5.41, 5.74) is 1.33. The van der Waals surface area contributed by atoms with Crippen LogP contribution in [0.15, 0.2) is 18.2 Å². The van der Waals surface area contributed by atoms with Crippen LogP contribution < -0.4 is 5.32 Å². The fourth-order valence-electron chi connectivity index (χ4n) is 3.21. The number of nitrogens with one attached hydrogen (secondary N) is 1. The van der Waals surface area contributed by atoms with E-state index in [-0.39, 0.29) is 23.0 Å². The Kier molecular flexibility index (Phi) is 3.35. The fraction of sp³-hybridized carbons (Fsp3) is 0.500. The number of hydrogen-bond donors (Lipinski definition) is 2. The highest BCUT2D eigenvalue weighted by molar-refractivity contribution is 5.94. The molecule has 5 nitrogen and oxygen atoms in total. The molecule has 0 radical (unpaired) electrons. The van der Waals surface area contributed by atoms with Crippen molar-refractivity contribution < 1.29 is 14.7 Å². The van der Waals surface area contributed by atoms with Crippen LogP contribution in [0.3, 0.4) is 0 Å². The lowest BCUT2D eigenvalue weighted by molar-refractivity contribution is -0.119. The Labute approximate surface area is 123 Å². The van der Waals surface area contributed by atoms with Crippen molar-refractivity contribution in [1.29, 1.82) is 0 Å². The second-order valence-electron chi connectivity index (χ2n) is 6.25. The summed E-state index contributed by atoms with van der Waals surface area (Å²) < 4.78 is 0. The summed E-state index contributed by atoms with van der Waals surface area (Å²) in [5.74, 6) is 0.232. The van der Waals surface area contributed by atoms with E-state index in [2.05, 4.69) is 5.32 Å². The van der Waals surface area contributed by atoms with Crippen LogP contribution in [0, 0.1) is 12.3 Å². The molecule has 0 atom stereocenters. The summed E-state index contributed by atoms with van der Waals surface area (Å²) in [4.78, 5) is 25.7. The topological polar surface area (TPSA) is 69.6 Å². The molecule has 0 unspecified atom stereocenters. The van der Waals surface area contributed by atoms with Crippen LogP contribution in [0.1, 0.15) is 35.2 Å². The first-order valence-corrected chi connectivity index (χ1v) is 7.35. The molecule has 2 saturated heterocycles. The number of nitrogens with zero attached hydrogens (tertiary/aromatic N) is 1. The number of amides is 2. The highest BCUT2D eigenvalue weighted by Gasteiger charge is 2.41. The normalized spacial score (nSPS) is 20.6. The molecule has 1 aromatic rings. The van der Waals surface area contributed by atoms with Crippen molar-refractivity contribution in [3.05, 3.63) is 29.3 Å². The zero-order valence-corrected chi connectivity index (χ0v) is 12.2. The Morgan fingerprint density at radius 2 is 2.05 bits per heavy atom. The van der Waals surface area contributed by atoms with Crippen LogP contribution >= 0.6 is 0 Å². The van der Waals surface area contributed by atoms with E-state index in [4.69, 9.17) is 0 Å². The van der Waals surface area contributed by atoms with E-state index in [1.54, 1.807) is 19.1 Å². The molecule has 2 amide bonds. The van der Waals surface area contributed by atoms with Crippen LogP contribution in [0.5, 0.6) is 5.75 Å². The van der Waals surface area contributed by atoms with Crippen molar-refractivity contribution in [3.63, 3.8) is 0 Å². The number of carbonyl (C=O) groups excluding carboxylic acids is 2. The molecule has 0 aromatic heterocycles. The summed E-state index contributed by atoms with van der Waals surface area (Å²) in [6.07, 6.45) is 2.30. The quantitative estimate of drug-likeness (QED) is 0.821. The van der Waals surface area contributed by atoms with Crippen LogP contribution in [-0.4, -0.2) is 41.5 Å². The lowest BCUT2D eigenvalue weighted by atomic mass is 9.77. The van der Waals surface area contributed by atoms with Gasteiger partial charge in [0.2, 0.25) is 5.91 Å². The van der Waals surface area contributed by atoms with Crippen molar-refractivity contribution in [3.8, 4) is 5.75 Å². The predicted molar refractivity (Wildman–Crippen MR) is 78.0 cm³/mol. The Balaban J connectivity index is 1.67. The smallest absolute Gasteiger partial charge is 0.253 e. The highest BCUT2D eigenvalue weighted by Crippen LogP contribution is 2.37. The van der Waals surface area contributed by atoms with Crippen molar-refractivity contribution in [2.24, 2.45) is 5.41 Å². The first kappa shape index (κ1) is 13.9. The second kappa shape index (κ2) is 5.06. The molecule has 3 rings (SSSR count). The first-order valence-electron chi connectivity index (χ1n) is 7.35. The van der Waals surface area contributed by atoms with E-state index >= 15 is 0 Å². The number of hydrogen-bond acceptors (Lipinski definition) is 3. The summed E-state index contributed by atoms with van der Waals surface area (Å²) in [5, 5.41) is 12.6. The largest absolute Gasteiger partial charge is 0.508 e. The molecule has 2 N–H and O–H groups in total. The molecule has 2 aliphatic rings. The van der Waals surface area contributed by atoms with Gasteiger partial charge in [0.15, 0.2) is 0 Å². The van der Waals surface area contributed by atoms with Gasteiger partial charge in [-0.25, -0.2) is 0 Å². The minimum absolute atomic E-state index is 0.0440. The third kappa shape index (κ3) is 2.60. The van der Waals surface area contributed by atoms with Gasteiger partial charge < -0.3 is 15.3 Å². The zero-order chi connectivity index (χ0) is 15.0. The number of benzene rings is 1. The molecule has 1 aromatic carbocycles. The number of aryl methyl sites for hydroxylation is 1. The van der Waals surface area contributed by atoms with Crippen molar-refractivity contribution in [2.75, 3.05) is 19.6 Å². The van der Waals surface area contributed by atoms with Gasteiger partial charge in [-0.3, -0.25) is 9.59 Å². The molecule has 2 heterocycles. The monoisotopic (exact) mass is 288 g/mol. The van der Waals surface area contributed by atoms with Crippen molar-refractivity contribution >= 4 is 11.8 Å². The molecule has 5 heteroatoms. The Morgan fingerprint density at radius 3 is 2.62 bits per heavy atom. The van der Waals surface area contributed by atoms with Crippen LogP contribution in [0.25, 0.3) is 0 Å². The van der Waals surface area contributed by atoms with E-state index in [1.165, 1.54) is 6.07 Å². The van der Waals surface area contributed by atoms with Gasteiger partial charge in [-0.05, 0) is 42.9 Å². The minimum Gasteiger partial charge on any atom is -0.508 e. The molecule has 2 fully saturated rings. The second-order valence-corrected chi connectivity index (χ2v) is 6.25. The van der Waals surface area contributed by atoms with E-state index in [9.17, 15) is 14.7 Å². The lowest BCUT2D eigenvalue weighted by Crippen LogP contribution is -2.44. The summed E-state index contributed by atoms with van der Waals surface area (Å²) in [6.45, 7) is 3.88.